The highest BCUT2D eigenvalue weighted by atomic mass is 32.1. The summed E-state index contributed by atoms with van der Waals surface area (Å²) in [6.45, 7) is 4.94. The summed E-state index contributed by atoms with van der Waals surface area (Å²) in [6.07, 6.45) is 7.57. The predicted octanol–water partition coefficient (Wildman–Crippen LogP) is 6.05. The number of nitrogens with one attached hydrogen (secondary N) is 1. The number of hydrogen-bond donors (Lipinski definition) is 1. The number of carbonyl (C=O) groups is 1. The van der Waals surface area contributed by atoms with E-state index in [0.717, 1.165) is 34.9 Å². The molecule has 2 aromatic rings. The zero-order valence-corrected chi connectivity index (χ0v) is 15.5. The van der Waals surface area contributed by atoms with E-state index in [1.54, 1.807) is 0 Å². The molecule has 0 spiro atoms. The van der Waals surface area contributed by atoms with Crippen molar-refractivity contribution >= 4 is 22.9 Å². The van der Waals surface area contributed by atoms with Gasteiger partial charge in [-0.25, -0.2) is 0 Å². The first kappa shape index (κ1) is 18.5. The zero-order chi connectivity index (χ0) is 17.2. The quantitative estimate of drug-likeness (QED) is 0.532. The van der Waals surface area contributed by atoms with Gasteiger partial charge in [0.25, 0.3) is 5.91 Å². The molecule has 130 valence electrons. The maximum atomic E-state index is 12.2. The van der Waals surface area contributed by atoms with E-state index in [1.165, 1.54) is 43.4 Å². The van der Waals surface area contributed by atoms with Gasteiger partial charge in [0, 0.05) is 5.69 Å². The first-order valence-corrected chi connectivity index (χ1v) is 9.67. The Morgan fingerprint density at radius 1 is 1.04 bits per heavy atom. The lowest BCUT2D eigenvalue weighted by Crippen LogP contribution is -2.11. The second-order valence-electron chi connectivity index (χ2n) is 6.03. The van der Waals surface area contributed by atoms with Crippen molar-refractivity contribution in [3.8, 4) is 5.75 Å². The Morgan fingerprint density at radius 3 is 2.42 bits per heavy atom. The fraction of sp³-hybridized carbons (Fsp3) is 0.450. The van der Waals surface area contributed by atoms with Crippen LogP contribution in [0, 0.1) is 6.92 Å². The number of anilines is 1. The lowest BCUT2D eigenvalue weighted by atomic mass is 10.1. The van der Waals surface area contributed by atoms with Gasteiger partial charge in [-0.3, -0.25) is 4.79 Å². The summed E-state index contributed by atoms with van der Waals surface area (Å²) >= 11 is 1.46. The van der Waals surface area contributed by atoms with Crippen molar-refractivity contribution in [3.63, 3.8) is 0 Å². The molecule has 3 nitrogen and oxygen atoms in total. The molecule has 24 heavy (non-hydrogen) atoms. The summed E-state index contributed by atoms with van der Waals surface area (Å²) in [4.78, 5) is 12.9. The summed E-state index contributed by atoms with van der Waals surface area (Å²) < 4.78 is 5.75. The molecule has 1 aromatic heterocycles. The van der Waals surface area contributed by atoms with Crippen molar-refractivity contribution in [1.82, 2.24) is 0 Å². The number of ether oxygens (including phenoxy) is 1. The number of amides is 1. The van der Waals surface area contributed by atoms with Crippen LogP contribution in [0.5, 0.6) is 5.75 Å². The maximum absolute atomic E-state index is 12.2. The summed E-state index contributed by atoms with van der Waals surface area (Å²) in [7, 11) is 0. The number of unbranched alkanes of at least 4 members (excludes halogenated alkanes) is 5. The standard InChI is InChI=1S/C20H27NO2S/c1-3-4-5-6-7-8-14-23-18-11-9-17(10-12-18)21-20(22)19-16(2)13-15-24-19/h9-13,15H,3-8,14H2,1-2H3,(H,21,22). The van der Waals surface area contributed by atoms with Gasteiger partial charge in [-0.05, 0) is 54.6 Å². The Bertz CT molecular complexity index is 619. The van der Waals surface area contributed by atoms with Gasteiger partial charge in [0.2, 0.25) is 0 Å². The van der Waals surface area contributed by atoms with Crippen molar-refractivity contribution in [2.45, 2.75) is 52.4 Å². The fourth-order valence-electron chi connectivity index (χ4n) is 2.50. The molecule has 1 aromatic carbocycles. The van der Waals surface area contributed by atoms with E-state index in [2.05, 4.69) is 12.2 Å². The number of benzene rings is 1. The molecule has 0 saturated heterocycles. The third-order valence-corrected chi connectivity index (χ3v) is 4.96. The minimum atomic E-state index is -0.0525. The molecule has 0 saturated carbocycles. The summed E-state index contributed by atoms with van der Waals surface area (Å²) in [5.41, 5.74) is 1.80. The van der Waals surface area contributed by atoms with E-state index in [1.807, 2.05) is 42.6 Å². The smallest absolute Gasteiger partial charge is 0.265 e. The van der Waals surface area contributed by atoms with E-state index < -0.39 is 0 Å². The van der Waals surface area contributed by atoms with E-state index >= 15 is 0 Å². The van der Waals surface area contributed by atoms with Crippen LogP contribution >= 0.6 is 11.3 Å². The first-order chi connectivity index (χ1) is 11.7. The third-order valence-electron chi connectivity index (χ3n) is 3.95. The van der Waals surface area contributed by atoms with Gasteiger partial charge in [-0.2, -0.15) is 0 Å². The zero-order valence-electron chi connectivity index (χ0n) is 14.6. The van der Waals surface area contributed by atoms with Crippen molar-refractivity contribution in [2.24, 2.45) is 0 Å². The molecule has 0 unspecified atom stereocenters. The molecule has 0 radical (unpaired) electrons. The molecule has 1 heterocycles. The van der Waals surface area contributed by atoms with Crippen molar-refractivity contribution in [3.05, 3.63) is 46.2 Å². The predicted molar refractivity (Wildman–Crippen MR) is 102 cm³/mol. The van der Waals surface area contributed by atoms with Crippen LogP contribution in [0.4, 0.5) is 5.69 Å². The fourth-order valence-corrected chi connectivity index (χ4v) is 3.32. The Hall–Kier alpha value is -1.81. The number of carbonyl (C=O) groups excluding carboxylic acids is 1. The Morgan fingerprint density at radius 2 is 1.75 bits per heavy atom. The van der Waals surface area contributed by atoms with Gasteiger partial charge in [0.15, 0.2) is 0 Å². The van der Waals surface area contributed by atoms with E-state index in [4.69, 9.17) is 4.74 Å². The van der Waals surface area contributed by atoms with Crippen LogP contribution in [0.2, 0.25) is 0 Å². The van der Waals surface area contributed by atoms with Crippen LogP contribution in [0.3, 0.4) is 0 Å². The van der Waals surface area contributed by atoms with Crippen LogP contribution in [0.15, 0.2) is 35.7 Å². The molecule has 0 bridgehead atoms. The molecule has 1 N–H and O–H groups in total. The van der Waals surface area contributed by atoms with Gasteiger partial charge >= 0.3 is 0 Å². The molecule has 0 atom stereocenters. The van der Waals surface area contributed by atoms with E-state index in [0.29, 0.717) is 0 Å². The van der Waals surface area contributed by atoms with Crippen LogP contribution in [0.25, 0.3) is 0 Å². The highest BCUT2D eigenvalue weighted by molar-refractivity contribution is 7.12. The second kappa shape index (κ2) is 10.1. The monoisotopic (exact) mass is 345 g/mol. The molecule has 0 aliphatic carbocycles. The first-order valence-electron chi connectivity index (χ1n) is 8.79. The van der Waals surface area contributed by atoms with Gasteiger partial charge in [-0.15, -0.1) is 11.3 Å². The van der Waals surface area contributed by atoms with Gasteiger partial charge in [0.1, 0.15) is 5.75 Å². The Balaban J connectivity index is 1.71. The minimum Gasteiger partial charge on any atom is -0.494 e. The van der Waals surface area contributed by atoms with E-state index in [9.17, 15) is 4.79 Å². The average molecular weight is 346 g/mol. The Labute approximate surface area is 149 Å². The molecule has 4 heteroatoms. The normalized spacial score (nSPS) is 10.6. The molecule has 0 fully saturated rings. The molecule has 1 amide bonds. The van der Waals surface area contributed by atoms with Gasteiger partial charge in [-0.1, -0.05) is 39.0 Å². The largest absolute Gasteiger partial charge is 0.494 e. The van der Waals surface area contributed by atoms with Crippen molar-refractivity contribution < 1.29 is 9.53 Å². The summed E-state index contributed by atoms with van der Waals surface area (Å²) in [5, 5.41) is 4.86. The second-order valence-corrected chi connectivity index (χ2v) is 6.94. The number of rotatable bonds is 10. The van der Waals surface area contributed by atoms with Gasteiger partial charge < -0.3 is 10.1 Å². The van der Waals surface area contributed by atoms with Crippen LogP contribution in [-0.2, 0) is 0 Å². The average Bonchev–Trinajstić information content (AvgIpc) is 3.02. The Kier molecular flexibility index (Phi) is 7.83. The van der Waals surface area contributed by atoms with Crippen molar-refractivity contribution in [2.75, 3.05) is 11.9 Å². The highest BCUT2D eigenvalue weighted by Crippen LogP contribution is 2.20. The van der Waals surface area contributed by atoms with Gasteiger partial charge in [0.05, 0.1) is 11.5 Å². The number of thiophene rings is 1. The summed E-state index contributed by atoms with van der Waals surface area (Å²) in [6, 6.07) is 9.55. The topological polar surface area (TPSA) is 38.3 Å². The number of hydrogen-bond acceptors (Lipinski definition) is 3. The van der Waals surface area contributed by atoms with Crippen molar-refractivity contribution in [1.29, 1.82) is 0 Å². The minimum absolute atomic E-state index is 0.0525. The van der Waals surface area contributed by atoms with E-state index in [-0.39, 0.29) is 5.91 Å². The lowest BCUT2D eigenvalue weighted by Gasteiger charge is -2.08. The third kappa shape index (κ3) is 6.00. The number of aryl methyl sites for hydroxylation is 1. The van der Waals surface area contributed by atoms with Crippen LogP contribution < -0.4 is 10.1 Å². The molecule has 2 rings (SSSR count). The molecule has 0 aliphatic rings. The maximum Gasteiger partial charge on any atom is 0.265 e. The summed E-state index contributed by atoms with van der Waals surface area (Å²) in [5.74, 6) is 0.803. The highest BCUT2D eigenvalue weighted by Gasteiger charge is 2.10. The van der Waals surface area contributed by atoms with Crippen LogP contribution in [-0.4, -0.2) is 12.5 Å². The molecular weight excluding hydrogens is 318 g/mol. The van der Waals surface area contributed by atoms with Crippen LogP contribution in [0.1, 0.15) is 60.7 Å². The lowest BCUT2D eigenvalue weighted by molar-refractivity contribution is 0.103. The SMILES string of the molecule is CCCCCCCCOc1ccc(NC(=O)c2sccc2C)cc1. The molecular formula is C20H27NO2S. The molecule has 0 aliphatic heterocycles.